The van der Waals surface area contributed by atoms with E-state index in [2.05, 4.69) is 0 Å². The number of hydrogen-bond donors (Lipinski definition) is 2. The van der Waals surface area contributed by atoms with E-state index in [9.17, 15) is 14.7 Å². The Morgan fingerprint density at radius 3 is 2.47 bits per heavy atom. The van der Waals surface area contributed by atoms with Gasteiger partial charge in [-0.1, -0.05) is 30.3 Å². The van der Waals surface area contributed by atoms with Gasteiger partial charge in [0.2, 0.25) is 5.91 Å². The summed E-state index contributed by atoms with van der Waals surface area (Å²) >= 11 is 0. The molecule has 1 unspecified atom stereocenters. The minimum absolute atomic E-state index is 0.278. The fourth-order valence-electron chi connectivity index (χ4n) is 1.53. The number of benzene rings is 1. The van der Waals surface area contributed by atoms with E-state index in [1.807, 2.05) is 5.32 Å². The van der Waals surface area contributed by atoms with Crippen LogP contribution in [-0.4, -0.2) is 17.0 Å². The minimum atomic E-state index is -1.33. The number of amides is 1. The van der Waals surface area contributed by atoms with Crippen LogP contribution in [0.4, 0.5) is 0 Å². The number of carbonyl (C=O) groups is 2. The van der Waals surface area contributed by atoms with Crippen molar-refractivity contribution in [3.8, 4) is 6.19 Å². The molecule has 0 fully saturated rings. The molecule has 0 bridgehead atoms. The van der Waals surface area contributed by atoms with Gasteiger partial charge in [-0.25, -0.2) is 0 Å². The third-order valence-corrected chi connectivity index (χ3v) is 2.59. The molecule has 0 aliphatic carbocycles. The first-order valence-electron chi connectivity index (χ1n) is 4.97. The Morgan fingerprint density at radius 1 is 1.41 bits per heavy atom. The first-order chi connectivity index (χ1) is 8.00. The summed E-state index contributed by atoms with van der Waals surface area (Å²) in [4.78, 5) is 22.6. The zero-order valence-electron chi connectivity index (χ0n) is 9.30. The van der Waals surface area contributed by atoms with Crippen LogP contribution in [0.25, 0.3) is 0 Å². The molecule has 5 heteroatoms. The fourth-order valence-corrected chi connectivity index (χ4v) is 1.53. The molecule has 1 aromatic carbocycles. The second-order valence-electron chi connectivity index (χ2n) is 3.84. The van der Waals surface area contributed by atoms with Crippen LogP contribution in [0.15, 0.2) is 30.3 Å². The number of nitrogens with one attached hydrogen (secondary N) is 1. The lowest BCUT2D eigenvalue weighted by Crippen LogP contribution is -2.37. The second kappa shape index (κ2) is 5.12. The molecule has 0 aliphatic rings. The van der Waals surface area contributed by atoms with Crippen LogP contribution in [0.2, 0.25) is 0 Å². The first-order valence-corrected chi connectivity index (χ1v) is 4.97. The van der Waals surface area contributed by atoms with E-state index in [4.69, 9.17) is 5.26 Å². The van der Waals surface area contributed by atoms with E-state index in [0.717, 1.165) is 0 Å². The number of hydrogen-bond acceptors (Lipinski definition) is 3. The molecular formula is C12H12N2O3. The van der Waals surface area contributed by atoms with Gasteiger partial charge in [-0.3, -0.25) is 14.9 Å². The molecule has 0 aliphatic heterocycles. The van der Waals surface area contributed by atoms with E-state index < -0.39 is 17.3 Å². The number of nitrogens with zero attached hydrogens (tertiary/aromatic N) is 1. The summed E-state index contributed by atoms with van der Waals surface area (Å²) in [5.74, 6) is -1.71. The number of nitriles is 1. The van der Waals surface area contributed by atoms with Gasteiger partial charge in [-0.15, -0.1) is 0 Å². The van der Waals surface area contributed by atoms with Crippen molar-refractivity contribution in [2.24, 2.45) is 0 Å². The average Bonchev–Trinajstić information content (AvgIpc) is 2.30. The van der Waals surface area contributed by atoms with Crippen molar-refractivity contribution >= 4 is 11.9 Å². The monoisotopic (exact) mass is 232 g/mol. The molecule has 0 aromatic heterocycles. The van der Waals surface area contributed by atoms with Crippen LogP contribution < -0.4 is 5.32 Å². The van der Waals surface area contributed by atoms with E-state index in [0.29, 0.717) is 5.56 Å². The van der Waals surface area contributed by atoms with Crippen LogP contribution in [0, 0.1) is 11.5 Å². The molecule has 0 heterocycles. The van der Waals surface area contributed by atoms with Gasteiger partial charge in [0.05, 0.1) is 5.41 Å². The van der Waals surface area contributed by atoms with Gasteiger partial charge in [0.15, 0.2) is 6.19 Å². The normalized spacial score (nSPS) is 13.2. The summed E-state index contributed by atoms with van der Waals surface area (Å²) in [5, 5.41) is 19.5. The van der Waals surface area contributed by atoms with Crippen molar-refractivity contribution in [2.45, 2.75) is 18.8 Å². The third kappa shape index (κ3) is 2.82. The fraction of sp³-hybridized carbons (Fsp3) is 0.250. The lowest BCUT2D eigenvalue weighted by atomic mass is 9.79. The Balaban J connectivity index is 3.04. The predicted molar refractivity (Wildman–Crippen MR) is 59.8 cm³/mol. The summed E-state index contributed by atoms with van der Waals surface area (Å²) in [5.41, 5.74) is -0.803. The number of carboxylic acids is 1. The molecule has 5 nitrogen and oxygen atoms in total. The van der Waals surface area contributed by atoms with E-state index in [1.165, 1.54) is 13.1 Å². The zero-order valence-corrected chi connectivity index (χ0v) is 9.30. The lowest BCUT2D eigenvalue weighted by molar-refractivity contribution is -0.145. The number of aliphatic carboxylic acids is 1. The van der Waals surface area contributed by atoms with Crippen LogP contribution >= 0.6 is 0 Å². The largest absolute Gasteiger partial charge is 0.481 e. The Hall–Kier alpha value is -2.35. The van der Waals surface area contributed by atoms with Crippen molar-refractivity contribution in [3.63, 3.8) is 0 Å². The number of rotatable bonds is 4. The third-order valence-electron chi connectivity index (χ3n) is 2.59. The Labute approximate surface area is 98.7 Å². The molecular weight excluding hydrogens is 220 g/mol. The van der Waals surface area contributed by atoms with Gasteiger partial charge >= 0.3 is 5.97 Å². The quantitative estimate of drug-likeness (QED) is 0.599. The Kier molecular flexibility index (Phi) is 3.83. The summed E-state index contributed by atoms with van der Waals surface area (Å²) in [6.07, 6.45) is 1.21. The molecule has 1 atom stereocenters. The average molecular weight is 232 g/mol. The molecule has 1 amide bonds. The molecule has 0 radical (unpaired) electrons. The topological polar surface area (TPSA) is 90.2 Å². The van der Waals surface area contributed by atoms with Gasteiger partial charge in [-0.2, -0.15) is 5.26 Å². The maximum atomic E-state index is 11.3. The van der Waals surface area contributed by atoms with E-state index >= 15 is 0 Å². The Morgan fingerprint density at radius 2 is 2.00 bits per heavy atom. The van der Waals surface area contributed by atoms with Crippen molar-refractivity contribution in [3.05, 3.63) is 35.9 Å². The SMILES string of the molecule is CC(CC(=O)NC#N)(C(=O)O)c1ccccc1. The highest BCUT2D eigenvalue weighted by molar-refractivity contribution is 5.89. The van der Waals surface area contributed by atoms with Crippen molar-refractivity contribution in [2.75, 3.05) is 0 Å². The number of carbonyl (C=O) groups excluding carboxylic acids is 1. The molecule has 88 valence electrons. The highest BCUT2D eigenvalue weighted by Gasteiger charge is 2.37. The first kappa shape index (κ1) is 12.7. The van der Waals surface area contributed by atoms with Crippen LogP contribution in [0.3, 0.4) is 0 Å². The van der Waals surface area contributed by atoms with Crippen molar-refractivity contribution in [1.29, 1.82) is 5.26 Å². The lowest BCUT2D eigenvalue weighted by Gasteiger charge is -2.24. The minimum Gasteiger partial charge on any atom is -0.481 e. The summed E-state index contributed by atoms with van der Waals surface area (Å²) < 4.78 is 0. The summed E-state index contributed by atoms with van der Waals surface area (Å²) in [6, 6.07) is 8.47. The van der Waals surface area contributed by atoms with E-state index in [1.54, 1.807) is 30.3 Å². The van der Waals surface area contributed by atoms with Gasteiger partial charge < -0.3 is 5.11 Å². The van der Waals surface area contributed by atoms with Gasteiger partial charge in [0, 0.05) is 6.42 Å². The highest BCUT2D eigenvalue weighted by Crippen LogP contribution is 2.27. The molecule has 1 aromatic rings. The smallest absolute Gasteiger partial charge is 0.314 e. The Bertz CT molecular complexity index is 464. The standard InChI is InChI=1S/C12H12N2O3/c1-12(11(16)17,7-10(15)14-8-13)9-5-3-2-4-6-9/h2-6H,7H2,1H3,(H,14,15)(H,16,17). The van der Waals surface area contributed by atoms with Crippen LogP contribution in [0.1, 0.15) is 18.9 Å². The van der Waals surface area contributed by atoms with Crippen LogP contribution in [-0.2, 0) is 15.0 Å². The second-order valence-corrected chi connectivity index (χ2v) is 3.84. The molecule has 1 rings (SSSR count). The maximum absolute atomic E-state index is 11.3. The van der Waals surface area contributed by atoms with Gasteiger partial charge in [0.25, 0.3) is 0 Å². The number of carboxylic acid groups (broad SMARTS) is 1. The molecule has 0 saturated heterocycles. The van der Waals surface area contributed by atoms with Crippen LogP contribution in [0.5, 0.6) is 0 Å². The van der Waals surface area contributed by atoms with Crippen molar-refractivity contribution in [1.82, 2.24) is 5.32 Å². The predicted octanol–water partition coefficient (Wildman–Crippen LogP) is 1.02. The summed E-state index contributed by atoms with van der Waals surface area (Å²) in [7, 11) is 0. The summed E-state index contributed by atoms with van der Waals surface area (Å²) in [6.45, 7) is 1.46. The molecule has 0 saturated carbocycles. The van der Waals surface area contributed by atoms with E-state index in [-0.39, 0.29) is 6.42 Å². The molecule has 0 spiro atoms. The van der Waals surface area contributed by atoms with Crippen molar-refractivity contribution < 1.29 is 14.7 Å². The molecule has 2 N–H and O–H groups in total. The van der Waals surface area contributed by atoms with Gasteiger partial charge in [-0.05, 0) is 12.5 Å². The van der Waals surface area contributed by atoms with Gasteiger partial charge in [0.1, 0.15) is 0 Å². The zero-order chi connectivity index (χ0) is 12.9. The molecule has 17 heavy (non-hydrogen) atoms. The highest BCUT2D eigenvalue weighted by atomic mass is 16.4. The maximum Gasteiger partial charge on any atom is 0.314 e.